The van der Waals surface area contributed by atoms with E-state index in [9.17, 15) is 4.79 Å². The summed E-state index contributed by atoms with van der Waals surface area (Å²) in [6.45, 7) is 3.69. The minimum absolute atomic E-state index is 0.0983. The number of nitrogens with zero attached hydrogens (tertiary/aromatic N) is 2. The number of para-hydroxylation sites is 2. The zero-order valence-corrected chi connectivity index (χ0v) is 18.7. The van der Waals surface area contributed by atoms with Crippen LogP contribution in [0.2, 0.25) is 0 Å². The van der Waals surface area contributed by atoms with Gasteiger partial charge in [-0.15, -0.1) is 0 Å². The summed E-state index contributed by atoms with van der Waals surface area (Å²) in [5.74, 6) is 1.61. The predicted molar refractivity (Wildman–Crippen MR) is 128 cm³/mol. The molecule has 0 atom stereocenters. The third-order valence-electron chi connectivity index (χ3n) is 5.81. The molecule has 3 heterocycles. The van der Waals surface area contributed by atoms with Crippen molar-refractivity contribution in [2.45, 2.75) is 6.54 Å². The van der Waals surface area contributed by atoms with Crippen LogP contribution in [0, 0.1) is 0 Å². The van der Waals surface area contributed by atoms with Crippen LogP contribution in [-0.4, -0.2) is 49.1 Å². The average molecular weight is 448 g/mol. The molecule has 1 fully saturated rings. The number of ether oxygens (including phenoxy) is 1. The van der Waals surface area contributed by atoms with Crippen molar-refractivity contribution in [1.82, 2.24) is 9.80 Å². The smallest absolute Gasteiger partial charge is 0.322 e. The molecule has 0 bridgehead atoms. The molecule has 2 aromatic carbocycles. The second-order valence-corrected chi connectivity index (χ2v) is 8.65. The maximum absolute atomic E-state index is 12.7. The first-order chi connectivity index (χ1) is 15.7. The quantitative estimate of drug-likeness (QED) is 0.438. The number of hydrogen-bond donors (Lipinski definition) is 1. The topological polar surface area (TPSA) is 58.0 Å². The summed E-state index contributed by atoms with van der Waals surface area (Å²) < 4.78 is 11.4. The monoisotopic (exact) mass is 447 g/mol. The van der Waals surface area contributed by atoms with Gasteiger partial charge in [0.2, 0.25) is 0 Å². The highest BCUT2D eigenvalue weighted by atomic mass is 32.1. The molecule has 6 nitrogen and oxygen atoms in total. The van der Waals surface area contributed by atoms with Crippen LogP contribution in [0.1, 0.15) is 5.76 Å². The molecule has 0 saturated carbocycles. The Kier molecular flexibility index (Phi) is 5.83. The maximum Gasteiger partial charge on any atom is 0.322 e. The normalized spacial score (nSPS) is 14.6. The number of methoxy groups -OCH3 is 1. The van der Waals surface area contributed by atoms with Crippen molar-refractivity contribution in [3.8, 4) is 16.9 Å². The zero-order valence-electron chi connectivity index (χ0n) is 17.9. The average Bonchev–Trinajstić information content (AvgIpc) is 3.49. The molecule has 7 heteroatoms. The Morgan fingerprint density at radius 3 is 2.69 bits per heavy atom. The summed E-state index contributed by atoms with van der Waals surface area (Å²) in [7, 11) is 1.60. The molecule has 1 aliphatic heterocycles. The maximum atomic E-state index is 12.7. The molecule has 0 radical (unpaired) electrons. The Bertz CT molecular complexity index is 1210. The molecule has 1 saturated heterocycles. The van der Waals surface area contributed by atoms with E-state index in [0.717, 1.165) is 36.4 Å². The van der Waals surface area contributed by atoms with Crippen LogP contribution < -0.4 is 10.1 Å². The molecule has 0 unspecified atom stereocenters. The predicted octanol–water partition coefficient (Wildman–Crippen LogP) is 5.52. The van der Waals surface area contributed by atoms with Gasteiger partial charge in [-0.1, -0.05) is 18.2 Å². The third kappa shape index (κ3) is 4.35. The molecular formula is C25H25N3O3S. The second-order valence-electron chi connectivity index (χ2n) is 7.87. The highest BCUT2D eigenvalue weighted by Gasteiger charge is 2.22. The van der Waals surface area contributed by atoms with Crippen molar-refractivity contribution >= 4 is 34.0 Å². The Hall–Kier alpha value is -3.29. The first kappa shape index (κ1) is 20.6. The molecule has 4 aromatic rings. The molecule has 1 aliphatic rings. The lowest BCUT2D eigenvalue weighted by molar-refractivity contribution is 0.137. The summed E-state index contributed by atoms with van der Waals surface area (Å²) in [4.78, 5) is 16.8. The number of anilines is 1. The van der Waals surface area contributed by atoms with Crippen LogP contribution in [-0.2, 0) is 6.54 Å². The SMILES string of the molecule is COc1ccccc1NC(=O)N1CCN(Cc2cc3cc(-c4ccsc4)ccc3o2)CC1. The number of nitrogens with one attached hydrogen (secondary N) is 1. The van der Waals surface area contributed by atoms with Gasteiger partial charge >= 0.3 is 6.03 Å². The van der Waals surface area contributed by atoms with Gasteiger partial charge in [-0.2, -0.15) is 11.3 Å². The van der Waals surface area contributed by atoms with E-state index in [1.807, 2.05) is 35.2 Å². The van der Waals surface area contributed by atoms with Gasteiger partial charge in [-0.3, -0.25) is 4.90 Å². The summed E-state index contributed by atoms with van der Waals surface area (Å²) in [5, 5.41) is 8.33. The second kappa shape index (κ2) is 9.06. The third-order valence-corrected chi connectivity index (χ3v) is 6.49. The number of piperazine rings is 1. The summed E-state index contributed by atoms with van der Waals surface area (Å²) in [6, 6.07) is 18.0. The molecule has 2 amide bonds. The van der Waals surface area contributed by atoms with Crippen molar-refractivity contribution in [3.63, 3.8) is 0 Å². The number of urea groups is 1. The van der Waals surface area contributed by atoms with Crippen molar-refractivity contribution in [2.24, 2.45) is 0 Å². The van der Waals surface area contributed by atoms with Gasteiger partial charge in [0.1, 0.15) is 17.1 Å². The van der Waals surface area contributed by atoms with E-state index >= 15 is 0 Å². The first-order valence-electron chi connectivity index (χ1n) is 10.7. The molecule has 0 aliphatic carbocycles. The van der Waals surface area contributed by atoms with Gasteiger partial charge in [0.15, 0.2) is 0 Å². The van der Waals surface area contributed by atoms with Crippen molar-refractivity contribution in [3.05, 3.63) is 71.1 Å². The number of rotatable bonds is 5. The first-order valence-corrected chi connectivity index (χ1v) is 11.6. The molecule has 2 aromatic heterocycles. The van der Waals surface area contributed by atoms with Crippen LogP contribution in [0.3, 0.4) is 0 Å². The van der Waals surface area contributed by atoms with Gasteiger partial charge in [0.25, 0.3) is 0 Å². The Morgan fingerprint density at radius 2 is 1.91 bits per heavy atom. The van der Waals surface area contributed by atoms with E-state index in [1.54, 1.807) is 18.4 Å². The fourth-order valence-electron chi connectivity index (χ4n) is 4.06. The Morgan fingerprint density at radius 1 is 1.06 bits per heavy atom. The van der Waals surface area contributed by atoms with Gasteiger partial charge in [0.05, 0.1) is 19.3 Å². The number of carbonyl (C=O) groups is 1. The summed E-state index contributed by atoms with van der Waals surface area (Å²) in [5.41, 5.74) is 4.04. The highest BCUT2D eigenvalue weighted by Crippen LogP contribution is 2.29. The van der Waals surface area contributed by atoms with Crippen molar-refractivity contribution < 1.29 is 13.9 Å². The van der Waals surface area contributed by atoms with Crippen LogP contribution in [0.25, 0.3) is 22.1 Å². The van der Waals surface area contributed by atoms with E-state index in [2.05, 4.69) is 45.2 Å². The number of furan rings is 1. The lowest BCUT2D eigenvalue weighted by Gasteiger charge is -2.34. The van der Waals surface area contributed by atoms with Crippen molar-refractivity contribution in [2.75, 3.05) is 38.6 Å². The number of amides is 2. The van der Waals surface area contributed by atoms with Crippen LogP contribution in [0.5, 0.6) is 5.75 Å². The van der Waals surface area contributed by atoms with Crippen LogP contribution >= 0.6 is 11.3 Å². The Balaban J connectivity index is 1.18. The number of hydrogen-bond acceptors (Lipinski definition) is 5. The molecule has 0 spiro atoms. The summed E-state index contributed by atoms with van der Waals surface area (Å²) >= 11 is 1.70. The van der Waals surface area contributed by atoms with E-state index in [1.165, 1.54) is 11.1 Å². The standard InChI is InChI=1S/C25H25N3O3S/c1-30-24-5-3-2-4-22(24)26-25(29)28-11-9-27(10-12-28)16-21-15-20-14-18(6-7-23(20)31-21)19-8-13-32-17-19/h2-8,13-15,17H,9-12,16H2,1H3,(H,26,29). The van der Waals surface area contributed by atoms with E-state index in [0.29, 0.717) is 24.5 Å². The zero-order chi connectivity index (χ0) is 21.9. The van der Waals surface area contributed by atoms with E-state index < -0.39 is 0 Å². The Labute approximate surface area is 191 Å². The fraction of sp³-hybridized carbons (Fsp3) is 0.240. The van der Waals surface area contributed by atoms with Crippen LogP contribution in [0.4, 0.5) is 10.5 Å². The number of carbonyl (C=O) groups excluding carboxylic acids is 1. The minimum atomic E-state index is -0.0983. The van der Waals surface area contributed by atoms with E-state index in [4.69, 9.17) is 9.15 Å². The summed E-state index contributed by atoms with van der Waals surface area (Å²) in [6.07, 6.45) is 0. The van der Waals surface area contributed by atoms with Crippen LogP contribution in [0.15, 0.2) is 69.8 Å². The fourth-order valence-corrected chi connectivity index (χ4v) is 4.72. The number of benzene rings is 2. The van der Waals surface area contributed by atoms with E-state index in [-0.39, 0.29) is 6.03 Å². The molecule has 5 rings (SSSR count). The molecule has 1 N–H and O–H groups in total. The molecule has 164 valence electrons. The number of fused-ring (bicyclic) bond motifs is 1. The largest absolute Gasteiger partial charge is 0.495 e. The number of thiophene rings is 1. The van der Waals surface area contributed by atoms with Gasteiger partial charge in [0, 0.05) is 31.6 Å². The van der Waals surface area contributed by atoms with Crippen molar-refractivity contribution in [1.29, 1.82) is 0 Å². The lowest BCUT2D eigenvalue weighted by atomic mass is 10.1. The lowest BCUT2D eigenvalue weighted by Crippen LogP contribution is -2.49. The van der Waals surface area contributed by atoms with Gasteiger partial charge in [-0.05, 0) is 58.3 Å². The minimum Gasteiger partial charge on any atom is -0.495 e. The molecular weight excluding hydrogens is 422 g/mol. The van der Waals surface area contributed by atoms with Gasteiger partial charge < -0.3 is 19.4 Å². The highest BCUT2D eigenvalue weighted by molar-refractivity contribution is 7.08. The van der Waals surface area contributed by atoms with Gasteiger partial charge in [-0.25, -0.2) is 4.79 Å². The molecule has 32 heavy (non-hydrogen) atoms.